The van der Waals surface area contributed by atoms with Crippen LogP contribution in [-0.2, 0) is 11.2 Å². The van der Waals surface area contributed by atoms with Crippen LogP contribution in [0, 0.1) is 11.7 Å². The second-order valence-corrected chi connectivity index (χ2v) is 4.97. The van der Waals surface area contributed by atoms with E-state index in [0.717, 1.165) is 0 Å². The Morgan fingerprint density at radius 3 is 2.37 bits per heavy atom. The molecular formula is C15H21FO3. The van der Waals surface area contributed by atoms with E-state index in [9.17, 15) is 19.4 Å². The summed E-state index contributed by atoms with van der Waals surface area (Å²) >= 11 is 0. The smallest absolute Gasteiger partial charge is 0.306 e. The molecule has 0 aliphatic heterocycles. The molecule has 1 rings (SSSR count). The van der Waals surface area contributed by atoms with Crippen molar-refractivity contribution in [3.05, 3.63) is 35.6 Å². The van der Waals surface area contributed by atoms with E-state index in [-0.39, 0.29) is 12.8 Å². The van der Waals surface area contributed by atoms with Gasteiger partial charge in [0.2, 0.25) is 0 Å². The molecule has 1 atom stereocenters. The number of halogens is 1. The van der Waals surface area contributed by atoms with Crippen molar-refractivity contribution in [2.45, 2.75) is 45.1 Å². The molecule has 2 N–H and O–H groups in total. The predicted octanol–water partition coefficient (Wildman–Crippen LogP) is 3.01. The molecule has 0 spiro atoms. The quantitative estimate of drug-likeness (QED) is 0.799. The standard InChI is InChI=1S/C15H21FO3/c1-3-15(19,4-2)10-12(14(17)18)9-11-7-5-6-8-13(11)16/h5-8,12,19H,3-4,9-10H2,1-2H3,(H,17,18). The van der Waals surface area contributed by atoms with E-state index in [4.69, 9.17) is 0 Å². The number of carboxylic acids is 1. The molecular weight excluding hydrogens is 247 g/mol. The highest BCUT2D eigenvalue weighted by atomic mass is 19.1. The molecule has 0 bridgehead atoms. The monoisotopic (exact) mass is 268 g/mol. The van der Waals surface area contributed by atoms with Gasteiger partial charge in [-0.25, -0.2) is 4.39 Å². The highest BCUT2D eigenvalue weighted by Gasteiger charge is 2.31. The Morgan fingerprint density at radius 2 is 1.89 bits per heavy atom. The average Bonchev–Trinajstić information content (AvgIpc) is 2.40. The Kier molecular flexibility index (Phi) is 5.48. The Hall–Kier alpha value is -1.42. The Labute approximate surface area is 113 Å². The summed E-state index contributed by atoms with van der Waals surface area (Å²) in [6.45, 7) is 3.65. The number of benzene rings is 1. The van der Waals surface area contributed by atoms with Crippen molar-refractivity contribution in [3.8, 4) is 0 Å². The topological polar surface area (TPSA) is 57.5 Å². The lowest BCUT2D eigenvalue weighted by Gasteiger charge is -2.28. The largest absolute Gasteiger partial charge is 0.481 e. The Morgan fingerprint density at radius 1 is 1.32 bits per heavy atom. The van der Waals surface area contributed by atoms with Crippen molar-refractivity contribution in [3.63, 3.8) is 0 Å². The molecule has 106 valence electrons. The van der Waals surface area contributed by atoms with Gasteiger partial charge in [0, 0.05) is 0 Å². The zero-order valence-electron chi connectivity index (χ0n) is 11.4. The van der Waals surface area contributed by atoms with Crippen LogP contribution in [0.5, 0.6) is 0 Å². The van der Waals surface area contributed by atoms with Gasteiger partial charge in [0.25, 0.3) is 0 Å². The van der Waals surface area contributed by atoms with Crippen LogP contribution in [-0.4, -0.2) is 21.8 Å². The Balaban J connectivity index is 2.85. The minimum atomic E-state index is -0.997. The number of rotatable bonds is 7. The molecule has 0 amide bonds. The normalized spacial score (nSPS) is 13.3. The second kappa shape index (κ2) is 6.66. The van der Waals surface area contributed by atoms with Gasteiger partial charge in [-0.05, 0) is 37.3 Å². The fraction of sp³-hybridized carbons (Fsp3) is 0.533. The summed E-state index contributed by atoms with van der Waals surface area (Å²) in [5.74, 6) is -2.17. The number of hydrogen-bond donors (Lipinski definition) is 2. The maximum absolute atomic E-state index is 13.6. The van der Waals surface area contributed by atoms with Gasteiger partial charge in [-0.2, -0.15) is 0 Å². The van der Waals surface area contributed by atoms with Crippen LogP contribution in [0.2, 0.25) is 0 Å². The van der Waals surface area contributed by atoms with Gasteiger partial charge >= 0.3 is 5.97 Å². The lowest BCUT2D eigenvalue weighted by atomic mass is 9.83. The Bertz CT molecular complexity index is 427. The van der Waals surface area contributed by atoms with E-state index in [0.29, 0.717) is 18.4 Å². The van der Waals surface area contributed by atoms with Crippen LogP contribution >= 0.6 is 0 Å². The van der Waals surface area contributed by atoms with Gasteiger partial charge in [-0.15, -0.1) is 0 Å². The molecule has 0 heterocycles. The van der Waals surface area contributed by atoms with Crippen molar-refractivity contribution in [2.75, 3.05) is 0 Å². The molecule has 0 saturated heterocycles. The van der Waals surface area contributed by atoms with Crippen molar-refractivity contribution >= 4 is 5.97 Å². The van der Waals surface area contributed by atoms with Crippen molar-refractivity contribution < 1.29 is 19.4 Å². The molecule has 3 nitrogen and oxygen atoms in total. The van der Waals surface area contributed by atoms with Crippen molar-refractivity contribution in [2.24, 2.45) is 5.92 Å². The third-order valence-corrected chi connectivity index (χ3v) is 3.72. The van der Waals surface area contributed by atoms with E-state index in [1.54, 1.807) is 18.2 Å². The van der Waals surface area contributed by atoms with E-state index in [2.05, 4.69) is 0 Å². The summed E-state index contributed by atoms with van der Waals surface area (Å²) in [4.78, 5) is 11.3. The predicted molar refractivity (Wildman–Crippen MR) is 71.4 cm³/mol. The molecule has 0 aromatic heterocycles. The maximum Gasteiger partial charge on any atom is 0.306 e. The van der Waals surface area contributed by atoms with Gasteiger partial charge in [0.05, 0.1) is 11.5 Å². The molecule has 0 radical (unpaired) electrons. The van der Waals surface area contributed by atoms with Gasteiger partial charge < -0.3 is 10.2 Å². The molecule has 0 aliphatic rings. The molecule has 1 aromatic rings. The van der Waals surface area contributed by atoms with E-state index in [1.807, 2.05) is 13.8 Å². The van der Waals surface area contributed by atoms with Crippen LogP contribution < -0.4 is 0 Å². The molecule has 0 saturated carbocycles. The van der Waals surface area contributed by atoms with Crippen molar-refractivity contribution in [1.82, 2.24) is 0 Å². The third-order valence-electron chi connectivity index (χ3n) is 3.72. The fourth-order valence-corrected chi connectivity index (χ4v) is 2.17. The number of aliphatic carboxylic acids is 1. The summed E-state index contributed by atoms with van der Waals surface area (Å²) in [5, 5.41) is 19.5. The SMILES string of the molecule is CCC(O)(CC)CC(Cc1ccccc1F)C(=O)O. The van der Waals surface area contributed by atoms with Gasteiger partial charge in [-0.3, -0.25) is 4.79 Å². The van der Waals surface area contributed by atoms with Crippen LogP contribution in [0.1, 0.15) is 38.7 Å². The number of carbonyl (C=O) groups is 1. The first-order valence-corrected chi connectivity index (χ1v) is 6.60. The first-order valence-electron chi connectivity index (χ1n) is 6.60. The summed E-state index contributed by atoms with van der Waals surface area (Å²) in [6, 6.07) is 6.16. The zero-order valence-corrected chi connectivity index (χ0v) is 11.4. The minimum absolute atomic E-state index is 0.102. The summed E-state index contributed by atoms with van der Waals surface area (Å²) in [7, 11) is 0. The first-order chi connectivity index (χ1) is 8.91. The molecule has 19 heavy (non-hydrogen) atoms. The summed E-state index contributed by atoms with van der Waals surface area (Å²) in [5.41, 5.74) is -0.613. The van der Waals surface area contributed by atoms with Crippen LogP contribution in [0.25, 0.3) is 0 Å². The summed E-state index contributed by atoms with van der Waals surface area (Å²) in [6.07, 6.45) is 1.23. The first kappa shape index (κ1) is 15.6. The van der Waals surface area contributed by atoms with Crippen LogP contribution in [0.15, 0.2) is 24.3 Å². The lowest BCUT2D eigenvalue weighted by molar-refractivity contribution is -0.144. The highest BCUT2D eigenvalue weighted by Crippen LogP contribution is 2.27. The van der Waals surface area contributed by atoms with Crippen LogP contribution in [0.4, 0.5) is 4.39 Å². The number of carboxylic acid groups (broad SMARTS) is 1. The van der Waals surface area contributed by atoms with E-state index < -0.39 is 23.3 Å². The number of aliphatic hydroxyl groups is 1. The van der Waals surface area contributed by atoms with Crippen molar-refractivity contribution in [1.29, 1.82) is 0 Å². The highest BCUT2D eigenvalue weighted by molar-refractivity contribution is 5.70. The van der Waals surface area contributed by atoms with Gasteiger partial charge in [0.15, 0.2) is 0 Å². The van der Waals surface area contributed by atoms with Gasteiger partial charge in [-0.1, -0.05) is 32.0 Å². The zero-order chi connectivity index (χ0) is 14.5. The second-order valence-electron chi connectivity index (χ2n) is 4.97. The van der Waals surface area contributed by atoms with E-state index >= 15 is 0 Å². The number of hydrogen-bond acceptors (Lipinski definition) is 2. The molecule has 1 unspecified atom stereocenters. The maximum atomic E-state index is 13.6. The summed E-state index contributed by atoms with van der Waals surface area (Å²) < 4.78 is 13.6. The fourth-order valence-electron chi connectivity index (χ4n) is 2.17. The van der Waals surface area contributed by atoms with Crippen LogP contribution in [0.3, 0.4) is 0 Å². The molecule has 4 heteroatoms. The lowest BCUT2D eigenvalue weighted by Crippen LogP contribution is -2.33. The molecule has 0 fully saturated rings. The average molecular weight is 268 g/mol. The molecule has 0 aliphatic carbocycles. The third kappa shape index (κ3) is 4.31. The molecule has 1 aromatic carbocycles. The minimum Gasteiger partial charge on any atom is -0.481 e. The van der Waals surface area contributed by atoms with Gasteiger partial charge in [0.1, 0.15) is 5.82 Å². The van der Waals surface area contributed by atoms with E-state index in [1.165, 1.54) is 6.07 Å².